The fourth-order valence-corrected chi connectivity index (χ4v) is 4.83. The van der Waals surface area contributed by atoms with Gasteiger partial charge in [-0.25, -0.2) is 4.79 Å². The summed E-state index contributed by atoms with van der Waals surface area (Å²) in [5.74, 6) is -1.86. The van der Waals surface area contributed by atoms with Gasteiger partial charge in [0.05, 0.1) is 0 Å². The molecular formula is C16H26N3NaO7S. The molecule has 2 heterocycles. The molecule has 10 nitrogen and oxygen atoms in total. The summed E-state index contributed by atoms with van der Waals surface area (Å²) >= 11 is 1.38. The van der Waals surface area contributed by atoms with E-state index in [1.54, 1.807) is 38.1 Å². The van der Waals surface area contributed by atoms with Crippen LogP contribution in [0.1, 0.15) is 26.9 Å². The Bertz CT molecular complexity index is 713. The number of carboxylic acids is 1. The van der Waals surface area contributed by atoms with Crippen LogP contribution < -0.4 is 40.6 Å². The van der Waals surface area contributed by atoms with Gasteiger partial charge < -0.3 is 38.9 Å². The van der Waals surface area contributed by atoms with Gasteiger partial charge in [-0.2, -0.15) is 0 Å². The Hall–Kier alpha value is -1.18. The number of carbonyl (C=O) groups is 3. The first-order valence-electron chi connectivity index (χ1n) is 7.58. The Morgan fingerprint density at radius 1 is 1.25 bits per heavy atom. The Labute approximate surface area is 189 Å². The predicted molar refractivity (Wildman–Crippen MR) is 101 cm³/mol. The largest absolute Gasteiger partial charge is 1.00 e. The van der Waals surface area contributed by atoms with E-state index in [-0.39, 0.29) is 58.7 Å². The number of hydrogen-bond donors (Lipinski definition) is 3. The molecule has 2 saturated heterocycles. The Morgan fingerprint density at radius 2 is 1.79 bits per heavy atom. The fraction of sp³-hybridized carbons (Fsp3) is 0.438. The fourth-order valence-electron chi connectivity index (χ4n) is 3.20. The normalized spacial score (nSPS) is 24.6. The molecule has 154 valence electrons. The quantitative estimate of drug-likeness (QED) is 0.316. The molecule has 0 saturated carbocycles. The number of carbonyl (C=O) groups excluding carboxylic acids is 2. The van der Waals surface area contributed by atoms with Gasteiger partial charge in [-0.05, 0) is 19.4 Å². The van der Waals surface area contributed by atoms with Crippen molar-refractivity contribution in [2.24, 2.45) is 5.73 Å². The summed E-state index contributed by atoms with van der Waals surface area (Å²) in [7, 11) is 0. The van der Waals surface area contributed by atoms with Crippen LogP contribution in [-0.4, -0.2) is 66.4 Å². The summed E-state index contributed by atoms with van der Waals surface area (Å²) in [6.45, 7) is 3.58. The van der Waals surface area contributed by atoms with Crippen LogP contribution in [-0.2, 0) is 14.4 Å². The number of nitrogens with zero attached hydrogens (tertiary/aromatic N) is 1. The molecule has 10 N–H and O–H groups in total. The van der Waals surface area contributed by atoms with Gasteiger partial charge in [0.25, 0.3) is 0 Å². The van der Waals surface area contributed by atoms with E-state index in [0.717, 1.165) is 0 Å². The van der Waals surface area contributed by atoms with E-state index in [1.807, 2.05) is 6.07 Å². The maximum Gasteiger partial charge on any atom is 1.00 e. The average Bonchev–Trinajstić information content (AvgIpc) is 2.80. The van der Waals surface area contributed by atoms with Crippen molar-refractivity contribution < 1.29 is 66.9 Å². The number of rotatable bonds is 4. The molecule has 28 heavy (non-hydrogen) atoms. The molecule has 0 aliphatic carbocycles. The number of amides is 2. The van der Waals surface area contributed by atoms with E-state index in [0.29, 0.717) is 5.56 Å². The van der Waals surface area contributed by atoms with Crippen LogP contribution >= 0.6 is 11.8 Å². The molecule has 4 atom stereocenters. The molecule has 2 amide bonds. The van der Waals surface area contributed by atoms with Crippen LogP contribution in [0.2, 0.25) is 0 Å². The zero-order chi connectivity index (χ0) is 17.6. The maximum absolute atomic E-state index is 12.3. The summed E-state index contributed by atoms with van der Waals surface area (Å²) in [5, 5.41) is 11.7. The van der Waals surface area contributed by atoms with Crippen molar-refractivity contribution in [1.29, 1.82) is 0 Å². The number of nitrogens with one attached hydrogen (secondary N) is 1. The molecule has 1 aromatic rings. The zero-order valence-electron chi connectivity index (χ0n) is 16.8. The summed E-state index contributed by atoms with van der Waals surface area (Å²) < 4.78 is -0.618. The van der Waals surface area contributed by atoms with Crippen LogP contribution in [0.4, 0.5) is 0 Å². The molecule has 3 rings (SSSR count). The van der Waals surface area contributed by atoms with Gasteiger partial charge >= 0.3 is 35.5 Å². The molecule has 1 aromatic carbocycles. The second kappa shape index (κ2) is 10.6. The second-order valence-electron chi connectivity index (χ2n) is 6.47. The van der Waals surface area contributed by atoms with Crippen molar-refractivity contribution in [3.63, 3.8) is 0 Å². The van der Waals surface area contributed by atoms with E-state index < -0.39 is 34.7 Å². The third kappa shape index (κ3) is 4.86. The summed E-state index contributed by atoms with van der Waals surface area (Å²) in [6, 6.07) is 6.38. The number of benzene rings is 1. The number of hydrogen-bond acceptors (Lipinski definition) is 5. The number of thioether (sulfide) groups is 1. The molecule has 2 aliphatic rings. The molecule has 2 fully saturated rings. The summed E-state index contributed by atoms with van der Waals surface area (Å²) in [4.78, 5) is 37.5. The molecular weight excluding hydrogens is 401 g/mol. The second-order valence-corrected chi connectivity index (χ2v) is 8.24. The number of nitrogens with two attached hydrogens (primary N) is 1. The molecule has 0 bridgehead atoms. The number of aliphatic carboxylic acids is 1. The molecule has 12 heteroatoms. The molecule has 1 unspecified atom stereocenters. The van der Waals surface area contributed by atoms with E-state index in [9.17, 15) is 19.5 Å². The third-order valence-electron chi connectivity index (χ3n) is 4.41. The van der Waals surface area contributed by atoms with E-state index in [1.165, 1.54) is 16.7 Å². The van der Waals surface area contributed by atoms with Crippen molar-refractivity contribution in [1.82, 2.24) is 10.2 Å². The number of β-lactam (4-membered cyclic amide) rings is 1. The first kappa shape index (κ1) is 29.0. The summed E-state index contributed by atoms with van der Waals surface area (Å²) in [5.41, 5.74) is 6.59. The van der Waals surface area contributed by atoms with Gasteiger partial charge in [0.2, 0.25) is 11.8 Å². The smallest absolute Gasteiger partial charge is 1.00 e. The van der Waals surface area contributed by atoms with Crippen LogP contribution in [0.15, 0.2) is 30.3 Å². The van der Waals surface area contributed by atoms with Gasteiger partial charge in [-0.1, -0.05) is 30.3 Å². The standard InChI is InChI=1S/C16H19N3O4S.Na.3H2O.H/c1-16(2)11(15(22)23)19-13(21)10(14(19)24-16)18-12(20)9(17)8-6-4-3-5-7-8;;;;;/h3-7,9-11,14H,17H2,1-2H3,(H,18,20)(H,22,23);;3*1H2;/q;+1;;;;-1/t9?,10-,11+,14-;;;;;/m1...../s1. The minimum absolute atomic E-state index is 0. The number of fused-ring (bicyclic) bond motifs is 1. The summed E-state index contributed by atoms with van der Waals surface area (Å²) in [6.07, 6.45) is 0. The van der Waals surface area contributed by atoms with Crippen LogP contribution in [0, 0.1) is 0 Å². The van der Waals surface area contributed by atoms with E-state index >= 15 is 0 Å². The third-order valence-corrected chi connectivity index (χ3v) is 5.99. The predicted octanol–water partition coefficient (Wildman–Crippen LogP) is -5.04. The first-order valence-corrected chi connectivity index (χ1v) is 8.45. The topological polar surface area (TPSA) is 207 Å². The molecule has 2 aliphatic heterocycles. The van der Waals surface area contributed by atoms with Crippen molar-refractivity contribution in [2.75, 3.05) is 0 Å². The van der Waals surface area contributed by atoms with Gasteiger partial charge in [0.15, 0.2) is 0 Å². The van der Waals surface area contributed by atoms with E-state index in [2.05, 4.69) is 5.32 Å². The average molecular weight is 427 g/mol. The first-order chi connectivity index (χ1) is 11.2. The van der Waals surface area contributed by atoms with E-state index in [4.69, 9.17) is 5.73 Å². The van der Waals surface area contributed by atoms with Crippen molar-refractivity contribution in [3.05, 3.63) is 35.9 Å². The zero-order valence-corrected chi connectivity index (χ0v) is 18.6. The maximum atomic E-state index is 12.3. The minimum Gasteiger partial charge on any atom is -1.00 e. The van der Waals surface area contributed by atoms with Crippen molar-refractivity contribution >= 4 is 29.5 Å². The Kier molecular flexibility index (Phi) is 10.9. The Morgan fingerprint density at radius 3 is 2.29 bits per heavy atom. The van der Waals surface area contributed by atoms with Gasteiger partial charge in [-0.15, -0.1) is 11.8 Å². The SMILES string of the molecule is CC1(C)S[C@@H]2[C@H](NC(=O)C(N)c3ccccc3)C(=O)N2[C@H]1C(=O)O.O.O.O.[H-].[Na+]. The molecule has 0 radical (unpaired) electrons. The van der Waals surface area contributed by atoms with Gasteiger partial charge in [0, 0.05) is 4.75 Å². The van der Waals surface area contributed by atoms with Crippen molar-refractivity contribution in [2.45, 2.75) is 42.1 Å². The van der Waals surface area contributed by atoms with Gasteiger partial charge in [-0.3, -0.25) is 9.59 Å². The van der Waals surface area contributed by atoms with Crippen molar-refractivity contribution in [3.8, 4) is 0 Å². The van der Waals surface area contributed by atoms with Crippen LogP contribution in [0.3, 0.4) is 0 Å². The molecule has 0 aromatic heterocycles. The van der Waals surface area contributed by atoms with Gasteiger partial charge in [0.1, 0.15) is 23.5 Å². The molecule has 0 spiro atoms. The van der Waals surface area contributed by atoms with Crippen LogP contribution in [0.25, 0.3) is 0 Å². The monoisotopic (exact) mass is 427 g/mol. The Balaban J connectivity index is -0.00000135. The number of carboxylic acid groups (broad SMARTS) is 1. The van der Waals surface area contributed by atoms with Crippen LogP contribution in [0.5, 0.6) is 0 Å². The minimum atomic E-state index is -1.03.